The molecule has 0 fully saturated rings. The Morgan fingerprint density at radius 1 is 1.27 bits per heavy atom. The van der Waals surface area contributed by atoms with Gasteiger partial charge in [-0.1, -0.05) is 0 Å². The molecule has 0 saturated carbocycles. The molecular formula is C9H16O2. The quantitative estimate of drug-likeness (QED) is 0.453. The van der Waals surface area contributed by atoms with Crippen molar-refractivity contribution in [1.29, 1.82) is 0 Å². The van der Waals surface area contributed by atoms with Gasteiger partial charge in [0, 0.05) is 5.57 Å². The molecule has 0 bridgehead atoms. The summed E-state index contributed by atoms with van der Waals surface area (Å²) in [5.74, 6) is 0.0502. The van der Waals surface area contributed by atoms with Crippen molar-refractivity contribution in [2.45, 2.75) is 40.2 Å². The fourth-order valence-electron chi connectivity index (χ4n) is 0.348. The molecule has 0 unspecified atom stereocenters. The van der Waals surface area contributed by atoms with Gasteiger partial charge in [-0.2, -0.15) is 0 Å². The molecule has 2 heteroatoms. The Bertz CT molecular complexity index is 172. The van der Waals surface area contributed by atoms with Crippen LogP contribution in [0.15, 0.2) is 11.8 Å². The maximum atomic E-state index is 10.7. The predicted octanol–water partition coefficient (Wildman–Crippen LogP) is 2.29. The van der Waals surface area contributed by atoms with Crippen LogP contribution in [0.3, 0.4) is 0 Å². The first kappa shape index (κ1) is 10.2. The van der Waals surface area contributed by atoms with E-state index in [2.05, 4.69) is 0 Å². The van der Waals surface area contributed by atoms with Crippen molar-refractivity contribution in [3.05, 3.63) is 11.8 Å². The molecule has 0 aromatic carbocycles. The van der Waals surface area contributed by atoms with E-state index in [9.17, 15) is 4.79 Å². The minimum atomic E-state index is -0.212. The molecule has 11 heavy (non-hydrogen) atoms. The van der Waals surface area contributed by atoms with Gasteiger partial charge in [-0.15, -0.1) is 0 Å². The molecule has 2 nitrogen and oxygen atoms in total. The molecule has 0 amide bonds. The molecular weight excluding hydrogens is 140 g/mol. The first-order valence-corrected chi connectivity index (χ1v) is 3.68. The van der Waals surface area contributed by atoms with Crippen molar-refractivity contribution in [3.63, 3.8) is 0 Å². The van der Waals surface area contributed by atoms with Crippen LogP contribution in [0.25, 0.3) is 0 Å². The summed E-state index contributed by atoms with van der Waals surface area (Å²) in [5.41, 5.74) is 0.441. The van der Waals surface area contributed by atoms with Crippen LogP contribution >= 0.6 is 0 Å². The lowest BCUT2D eigenvalue weighted by Crippen LogP contribution is -2.16. The zero-order valence-corrected chi connectivity index (χ0v) is 7.89. The lowest BCUT2D eigenvalue weighted by molar-refractivity contribution is -0.113. The summed E-state index contributed by atoms with van der Waals surface area (Å²) in [7, 11) is 0. The smallest absolute Gasteiger partial charge is 0.158 e. The minimum absolute atomic E-state index is 0.0502. The third-order valence-electron chi connectivity index (χ3n) is 1.14. The molecule has 0 atom stereocenters. The number of ether oxygens (including phenoxy) is 1. The molecule has 0 aliphatic heterocycles. The Morgan fingerprint density at radius 3 is 2.00 bits per heavy atom. The topological polar surface area (TPSA) is 26.3 Å². The molecule has 0 aliphatic carbocycles. The number of carbonyl (C=O) groups is 1. The third kappa shape index (κ3) is 5.64. The highest BCUT2D eigenvalue weighted by atomic mass is 16.5. The van der Waals surface area contributed by atoms with Gasteiger partial charge in [-0.3, -0.25) is 4.79 Å². The van der Waals surface area contributed by atoms with Crippen LogP contribution in [0.4, 0.5) is 0 Å². The SMILES string of the molecule is CC(=O)/C(C)=C/OC(C)(C)C. The van der Waals surface area contributed by atoms with E-state index in [1.54, 1.807) is 6.92 Å². The van der Waals surface area contributed by atoms with Crippen LogP contribution in [0.2, 0.25) is 0 Å². The predicted molar refractivity (Wildman–Crippen MR) is 45.3 cm³/mol. The summed E-state index contributed by atoms with van der Waals surface area (Å²) >= 11 is 0. The second-order valence-electron chi connectivity index (χ2n) is 3.59. The molecule has 0 aromatic rings. The highest BCUT2D eigenvalue weighted by Gasteiger charge is 2.08. The van der Waals surface area contributed by atoms with Crippen LogP contribution in [0.5, 0.6) is 0 Å². The van der Waals surface area contributed by atoms with E-state index in [0.717, 1.165) is 0 Å². The van der Waals surface area contributed by atoms with Crippen LogP contribution in [0, 0.1) is 0 Å². The van der Waals surface area contributed by atoms with Crippen molar-refractivity contribution < 1.29 is 9.53 Å². The summed E-state index contributed by atoms with van der Waals surface area (Å²) in [5, 5.41) is 0. The number of hydrogen-bond acceptors (Lipinski definition) is 2. The number of allylic oxidation sites excluding steroid dienone is 1. The highest BCUT2D eigenvalue weighted by molar-refractivity contribution is 5.92. The van der Waals surface area contributed by atoms with Gasteiger partial charge >= 0.3 is 0 Å². The van der Waals surface area contributed by atoms with Crippen LogP contribution < -0.4 is 0 Å². The van der Waals surface area contributed by atoms with E-state index in [1.165, 1.54) is 13.2 Å². The van der Waals surface area contributed by atoms with Gasteiger partial charge in [-0.25, -0.2) is 0 Å². The number of rotatable bonds is 2. The van der Waals surface area contributed by atoms with Gasteiger partial charge in [0.05, 0.1) is 11.9 Å². The number of carbonyl (C=O) groups excluding carboxylic acids is 1. The average Bonchev–Trinajstić information content (AvgIpc) is 1.80. The van der Waals surface area contributed by atoms with E-state index in [0.29, 0.717) is 5.57 Å². The minimum Gasteiger partial charge on any atom is -0.495 e. The normalized spacial score (nSPS) is 13.0. The molecule has 64 valence electrons. The van der Waals surface area contributed by atoms with Gasteiger partial charge in [0.1, 0.15) is 0 Å². The largest absolute Gasteiger partial charge is 0.495 e. The van der Waals surface area contributed by atoms with E-state index in [4.69, 9.17) is 4.74 Å². The van der Waals surface area contributed by atoms with Gasteiger partial charge < -0.3 is 4.74 Å². The van der Waals surface area contributed by atoms with Gasteiger partial charge in [0.25, 0.3) is 0 Å². The fraction of sp³-hybridized carbons (Fsp3) is 0.667. The van der Waals surface area contributed by atoms with Gasteiger partial charge in [0.15, 0.2) is 5.78 Å². The van der Waals surface area contributed by atoms with Crippen LogP contribution in [-0.2, 0) is 9.53 Å². The Kier molecular flexibility index (Phi) is 3.30. The summed E-state index contributed by atoms with van der Waals surface area (Å²) in [6, 6.07) is 0. The molecule has 0 spiro atoms. The number of ketones is 1. The van der Waals surface area contributed by atoms with Gasteiger partial charge in [-0.05, 0) is 34.6 Å². The molecule has 0 saturated heterocycles. The van der Waals surface area contributed by atoms with E-state index in [1.807, 2.05) is 20.8 Å². The van der Waals surface area contributed by atoms with Crippen molar-refractivity contribution in [2.24, 2.45) is 0 Å². The molecule has 0 aliphatic rings. The first-order chi connectivity index (χ1) is 4.83. The van der Waals surface area contributed by atoms with E-state index >= 15 is 0 Å². The zero-order valence-electron chi connectivity index (χ0n) is 7.89. The second-order valence-corrected chi connectivity index (χ2v) is 3.59. The van der Waals surface area contributed by atoms with Crippen molar-refractivity contribution in [2.75, 3.05) is 0 Å². The molecule has 0 N–H and O–H groups in total. The van der Waals surface area contributed by atoms with Crippen molar-refractivity contribution in [1.82, 2.24) is 0 Å². The maximum Gasteiger partial charge on any atom is 0.158 e. The summed E-state index contributed by atoms with van der Waals surface area (Å²) in [6.07, 6.45) is 1.52. The van der Waals surface area contributed by atoms with Crippen LogP contribution in [-0.4, -0.2) is 11.4 Å². The zero-order chi connectivity index (χ0) is 9.07. The number of Topliss-reactive ketones (excluding diaryl/α,β-unsaturated/α-hetero) is 1. The first-order valence-electron chi connectivity index (χ1n) is 3.68. The Labute approximate surface area is 68.2 Å². The van der Waals surface area contributed by atoms with Crippen LogP contribution in [0.1, 0.15) is 34.6 Å². The van der Waals surface area contributed by atoms with E-state index < -0.39 is 0 Å². The molecule has 0 rings (SSSR count). The lowest BCUT2D eigenvalue weighted by Gasteiger charge is -2.18. The Balaban J connectivity index is 4.04. The summed E-state index contributed by atoms with van der Waals surface area (Å²) < 4.78 is 5.27. The molecule has 0 heterocycles. The van der Waals surface area contributed by atoms with E-state index in [-0.39, 0.29) is 11.4 Å². The standard InChI is InChI=1S/C9H16O2/c1-7(8(2)10)6-11-9(3,4)5/h6H,1-5H3/b7-6+. The second kappa shape index (κ2) is 3.56. The number of hydrogen-bond donors (Lipinski definition) is 0. The van der Waals surface area contributed by atoms with Crippen molar-refractivity contribution in [3.8, 4) is 0 Å². The summed E-state index contributed by atoms with van der Waals surface area (Å²) in [6.45, 7) is 9.09. The average molecular weight is 156 g/mol. The Morgan fingerprint density at radius 2 is 1.73 bits per heavy atom. The third-order valence-corrected chi connectivity index (χ3v) is 1.14. The van der Waals surface area contributed by atoms with Gasteiger partial charge in [0.2, 0.25) is 0 Å². The fourth-order valence-corrected chi connectivity index (χ4v) is 0.348. The molecule has 0 aromatic heterocycles. The lowest BCUT2D eigenvalue weighted by atomic mass is 10.2. The Hall–Kier alpha value is -0.790. The monoisotopic (exact) mass is 156 g/mol. The maximum absolute atomic E-state index is 10.7. The summed E-state index contributed by atoms with van der Waals surface area (Å²) in [4.78, 5) is 10.7. The van der Waals surface area contributed by atoms with Crippen molar-refractivity contribution >= 4 is 5.78 Å². The highest BCUT2D eigenvalue weighted by Crippen LogP contribution is 2.08. The molecule has 0 radical (unpaired) electrons.